The molecule has 1 fully saturated rings. The Kier molecular flexibility index (Phi) is 6.29. The van der Waals surface area contributed by atoms with Gasteiger partial charge in [-0.1, -0.05) is 0 Å². The zero-order valence-electron chi connectivity index (χ0n) is 7.26. The van der Waals surface area contributed by atoms with Crippen LogP contribution in [-0.4, -0.2) is 24.2 Å². The number of carboxylic acids is 1. The van der Waals surface area contributed by atoms with Crippen LogP contribution in [0.1, 0.15) is 14.3 Å². The third-order valence-corrected chi connectivity index (χ3v) is 1.69. The van der Waals surface area contributed by atoms with E-state index in [0.717, 1.165) is 25.9 Å². The summed E-state index contributed by atoms with van der Waals surface area (Å²) in [4.78, 5) is 10.3. The van der Waals surface area contributed by atoms with Crippen LogP contribution >= 0.6 is 0 Å². The maximum atomic E-state index is 10.3. The van der Waals surface area contributed by atoms with Gasteiger partial charge in [-0.3, -0.25) is 4.79 Å². The van der Waals surface area contributed by atoms with E-state index in [9.17, 15) is 4.79 Å². The first kappa shape index (κ1) is 11.1. The van der Waals surface area contributed by atoms with E-state index in [4.69, 9.17) is 5.11 Å². The van der Waals surface area contributed by atoms with E-state index >= 15 is 0 Å². The summed E-state index contributed by atoms with van der Waals surface area (Å²) >= 11 is 0. The smallest absolute Gasteiger partial charge is 1.00 e. The van der Waals surface area contributed by atoms with E-state index in [0.29, 0.717) is 0 Å². The van der Waals surface area contributed by atoms with Crippen molar-refractivity contribution in [3.05, 3.63) is 0 Å². The topological polar surface area (TPSA) is 49.3 Å². The molecule has 0 aromatic heterocycles. The molecular weight excluding hydrogens is 157 g/mol. The molecule has 54 valence electrons. The molecule has 1 aliphatic heterocycles. The van der Waals surface area contributed by atoms with Gasteiger partial charge in [-0.15, -0.1) is 0 Å². The van der Waals surface area contributed by atoms with Crippen molar-refractivity contribution in [2.75, 3.05) is 13.1 Å². The van der Waals surface area contributed by atoms with Gasteiger partial charge in [-0.2, -0.15) is 0 Å². The Morgan fingerprint density at radius 3 is 2.30 bits per heavy atom. The first-order chi connectivity index (χ1) is 4.30. The van der Waals surface area contributed by atoms with Gasteiger partial charge in [0.25, 0.3) is 0 Å². The molecule has 0 spiro atoms. The number of aliphatic carboxylic acids is 1. The standard InChI is InChI=1S/C6H11NO2.K.H/c8-6(9)5-1-3-7-4-2-5;;/h5,7H,1-4H2,(H,8,9);;/q;+1;-1. The van der Waals surface area contributed by atoms with E-state index in [1.54, 1.807) is 0 Å². The largest absolute Gasteiger partial charge is 1.00 e. The molecule has 0 saturated carbocycles. The summed E-state index contributed by atoms with van der Waals surface area (Å²) in [6.45, 7) is 1.72. The molecule has 3 nitrogen and oxygen atoms in total. The van der Waals surface area contributed by atoms with Gasteiger partial charge in [0.2, 0.25) is 0 Å². The Balaban J connectivity index is 0. The van der Waals surface area contributed by atoms with Crippen molar-refractivity contribution >= 4 is 5.97 Å². The summed E-state index contributed by atoms with van der Waals surface area (Å²) in [5, 5.41) is 11.6. The number of hydrogen-bond donors (Lipinski definition) is 2. The van der Waals surface area contributed by atoms with Gasteiger partial charge in [0.05, 0.1) is 5.92 Å². The summed E-state index contributed by atoms with van der Waals surface area (Å²) < 4.78 is 0. The Bertz CT molecular complexity index is 117. The molecule has 0 radical (unpaired) electrons. The van der Waals surface area contributed by atoms with Crippen molar-refractivity contribution in [2.45, 2.75) is 12.8 Å². The van der Waals surface area contributed by atoms with Crippen molar-refractivity contribution in [1.29, 1.82) is 0 Å². The number of hydrogen-bond acceptors (Lipinski definition) is 2. The number of piperidine rings is 1. The zero-order chi connectivity index (χ0) is 6.69. The van der Waals surface area contributed by atoms with Gasteiger partial charge in [0.1, 0.15) is 0 Å². The quantitative estimate of drug-likeness (QED) is 0.417. The Morgan fingerprint density at radius 1 is 1.50 bits per heavy atom. The molecule has 0 aliphatic carbocycles. The second-order valence-electron chi connectivity index (χ2n) is 2.36. The maximum absolute atomic E-state index is 10.3. The monoisotopic (exact) mass is 169 g/mol. The molecule has 1 rings (SSSR count). The normalized spacial score (nSPS) is 19.6. The summed E-state index contributed by atoms with van der Waals surface area (Å²) in [7, 11) is 0. The van der Waals surface area contributed by atoms with E-state index in [1.165, 1.54) is 0 Å². The van der Waals surface area contributed by atoms with Crippen molar-refractivity contribution in [1.82, 2.24) is 5.32 Å². The molecule has 0 atom stereocenters. The number of carbonyl (C=O) groups is 1. The van der Waals surface area contributed by atoms with Gasteiger partial charge in [-0.25, -0.2) is 0 Å². The van der Waals surface area contributed by atoms with Gasteiger partial charge >= 0.3 is 57.4 Å². The average molecular weight is 169 g/mol. The van der Waals surface area contributed by atoms with Crippen LogP contribution in [0.2, 0.25) is 0 Å². The van der Waals surface area contributed by atoms with E-state index in [2.05, 4.69) is 5.32 Å². The first-order valence-electron chi connectivity index (χ1n) is 3.24. The minimum absolute atomic E-state index is 0. The molecule has 0 aromatic carbocycles. The molecule has 1 heterocycles. The van der Waals surface area contributed by atoms with E-state index < -0.39 is 5.97 Å². The number of rotatable bonds is 1. The molecule has 1 saturated heterocycles. The summed E-state index contributed by atoms with van der Waals surface area (Å²) in [6, 6.07) is 0. The van der Waals surface area contributed by atoms with Crippen molar-refractivity contribution < 1.29 is 62.7 Å². The minimum atomic E-state index is -0.642. The predicted octanol–water partition coefficient (Wildman–Crippen LogP) is -2.81. The van der Waals surface area contributed by atoms with Gasteiger partial charge in [0, 0.05) is 0 Å². The summed E-state index contributed by atoms with van der Waals surface area (Å²) in [5.74, 6) is -0.734. The molecule has 0 aromatic rings. The molecule has 1 aliphatic rings. The van der Waals surface area contributed by atoms with Gasteiger partial charge in [0.15, 0.2) is 0 Å². The Hall–Kier alpha value is 1.07. The molecule has 0 bridgehead atoms. The van der Waals surface area contributed by atoms with Crippen LogP contribution in [0.25, 0.3) is 0 Å². The fraction of sp³-hybridized carbons (Fsp3) is 0.833. The number of carboxylic acid groups (broad SMARTS) is 1. The van der Waals surface area contributed by atoms with Gasteiger partial charge < -0.3 is 11.8 Å². The van der Waals surface area contributed by atoms with Crippen molar-refractivity contribution in [3.63, 3.8) is 0 Å². The van der Waals surface area contributed by atoms with Crippen molar-refractivity contribution in [2.24, 2.45) is 5.92 Å². The van der Waals surface area contributed by atoms with Gasteiger partial charge in [-0.05, 0) is 25.9 Å². The number of nitrogens with one attached hydrogen (secondary N) is 1. The Morgan fingerprint density at radius 2 is 2.00 bits per heavy atom. The van der Waals surface area contributed by atoms with Crippen LogP contribution in [0.5, 0.6) is 0 Å². The van der Waals surface area contributed by atoms with Crippen LogP contribution in [0.4, 0.5) is 0 Å². The van der Waals surface area contributed by atoms with Crippen LogP contribution in [-0.2, 0) is 4.79 Å². The molecule has 2 N–H and O–H groups in total. The third-order valence-electron chi connectivity index (χ3n) is 1.69. The van der Waals surface area contributed by atoms with Crippen molar-refractivity contribution in [3.8, 4) is 0 Å². The minimum Gasteiger partial charge on any atom is -1.00 e. The molecule has 0 amide bonds. The third kappa shape index (κ3) is 3.46. The molecular formula is C6H12KNO2. The summed E-state index contributed by atoms with van der Waals surface area (Å²) in [6.07, 6.45) is 1.57. The fourth-order valence-corrected chi connectivity index (χ4v) is 1.07. The first-order valence-corrected chi connectivity index (χ1v) is 3.24. The fourth-order valence-electron chi connectivity index (χ4n) is 1.07. The second-order valence-corrected chi connectivity index (χ2v) is 2.36. The predicted molar refractivity (Wildman–Crippen MR) is 34.3 cm³/mol. The van der Waals surface area contributed by atoms with Crippen LogP contribution < -0.4 is 56.7 Å². The zero-order valence-corrected chi connectivity index (χ0v) is 9.38. The molecule has 4 heteroatoms. The Labute approximate surface area is 104 Å². The van der Waals surface area contributed by atoms with Crippen LogP contribution in [0, 0.1) is 5.92 Å². The van der Waals surface area contributed by atoms with Crippen LogP contribution in [0.3, 0.4) is 0 Å². The average Bonchev–Trinajstić information content (AvgIpc) is 1.90. The maximum Gasteiger partial charge on any atom is 1.00 e. The van der Waals surface area contributed by atoms with Crippen LogP contribution in [0.15, 0.2) is 0 Å². The summed E-state index contributed by atoms with van der Waals surface area (Å²) in [5.41, 5.74) is 0. The molecule has 10 heavy (non-hydrogen) atoms. The second kappa shape index (κ2) is 5.68. The van der Waals surface area contributed by atoms with E-state index in [1.807, 2.05) is 0 Å². The van der Waals surface area contributed by atoms with E-state index in [-0.39, 0.29) is 58.7 Å². The molecule has 0 unspecified atom stereocenters. The SMILES string of the molecule is O=C(O)C1CCNCC1.[H-].[K+].